The van der Waals surface area contributed by atoms with Gasteiger partial charge in [-0.2, -0.15) is 18.3 Å². The average molecular weight is 609 g/mol. The average Bonchev–Trinajstić information content (AvgIpc) is 3.52. The number of rotatable bonds is 2. The molecule has 1 atom stereocenters. The first-order valence-electron chi connectivity index (χ1n) is 14.9. The molecule has 1 spiro atoms. The van der Waals surface area contributed by atoms with Crippen molar-refractivity contribution in [3.8, 4) is 0 Å². The number of nitrogens with zero attached hydrogens (tertiary/aromatic N) is 4. The molecule has 6 heterocycles. The largest absolute Gasteiger partial charge is 0.437 e. The molecule has 1 aromatic carbocycles. The maximum atomic E-state index is 14.3. The molecule has 3 amide bonds. The van der Waals surface area contributed by atoms with E-state index in [4.69, 9.17) is 4.74 Å². The third-order valence-corrected chi connectivity index (χ3v) is 9.97. The Bertz CT molecular complexity index is 1780. The second-order valence-electron chi connectivity index (χ2n) is 12.4. The van der Waals surface area contributed by atoms with E-state index in [9.17, 15) is 22.8 Å². The number of H-pyrrole nitrogens is 1. The number of ether oxygens (including phenoxy) is 1. The number of alkyl halides is 3. The molecule has 230 valence electrons. The highest BCUT2D eigenvalue weighted by atomic mass is 19.4. The molecular formula is C30H31F3N8O3. The molecule has 1 saturated heterocycles. The lowest BCUT2D eigenvalue weighted by Crippen LogP contribution is -2.57. The maximum absolute atomic E-state index is 14.3. The number of carbonyl (C=O) groups excluding carboxylic acids is 2. The molecule has 11 nitrogen and oxygen atoms in total. The minimum atomic E-state index is -4.41. The standard InChI is InChI=1S/C30H31F3N8O3/c1-16-11-17-12-21(37-26(42)40-9-6-29(7-10-40)20-3-2-8-34-24(20)38-27(43)44-29)25-35-14-22(28(4-5-28)30(31,32)33)41(25)15-19(17)18-13-36-39-23(16)18/h2-3,11,13-14,21,34H,4-10,12,15H2,1H3,(H,36,39)(H,37,42)(H,38,43)/t21-/m1/s1. The SMILES string of the molecule is Cc1cc2c(c3cn[nH]c13)Cn1c(C3(C(F)(F)F)CC3)cnc1[C@H](NC(=O)N1CCC3(CC1)OC(=O)NC1=C3C=CCN1)C2. The van der Waals surface area contributed by atoms with Crippen molar-refractivity contribution < 1.29 is 27.5 Å². The summed E-state index contributed by atoms with van der Waals surface area (Å²) in [6.07, 6.45) is 3.25. The Labute approximate surface area is 249 Å². The molecule has 4 aliphatic heterocycles. The molecule has 1 aliphatic carbocycles. The maximum Gasteiger partial charge on any atom is 0.413 e. The van der Waals surface area contributed by atoms with Crippen molar-refractivity contribution in [2.24, 2.45) is 0 Å². The number of aromatic nitrogens is 4. The number of alkyl carbamates (subject to hydrolysis) is 1. The van der Waals surface area contributed by atoms with E-state index in [0.717, 1.165) is 33.2 Å². The zero-order chi connectivity index (χ0) is 30.4. The number of hydrogen-bond acceptors (Lipinski definition) is 6. The first kappa shape index (κ1) is 27.1. The van der Waals surface area contributed by atoms with E-state index in [-0.39, 0.29) is 31.1 Å². The van der Waals surface area contributed by atoms with Crippen LogP contribution in [0, 0.1) is 6.92 Å². The van der Waals surface area contributed by atoms with Crippen LogP contribution in [0.1, 0.15) is 59.9 Å². The molecular weight excluding hydrogens is 577 g/mol. The molecule has 4 N–H and O–H groups in total. The summed E-state index contributed by atoms with van der Waals surface area (Å²) in [6.45, 7) is 3.42. The van der Waals surface area contributed by atoms with E-state index in [2.05, 4.69) is 31.1 Å². The summed E-state index contributed by atoms with van der Waals surface area (Å²) in [5.41, 5.74) is 1.84. The molecule has 1 saturated carbocycles. The van der Waals surface area contributed by atoms with Crippen molar-refractivity contribution in [3.05, 3.63) is 70.2 Å². The second-order valence-corrected chi connectivity index (χ2v) is 12.4. The molecule has 2 aromatic heterocycles. The predicted molar refractivity (Wildman–Crippen MR) is 151 cm³/mol. The van der Waals surface area contributed by atoms with Crippen LogP contribution < -0.4 is 16.0 Å². The van der Waals surface area contributed by atoms with Gasteiger partial charge >= 0.3 is 18.3 Å². The quantitative estimate of drug-likeness (QED) is 0.349. The lowest BCUT2D eigenvalue weighted by molar-refractivity contribution is -0.162. The third-order valence-electron chi connectivity index (χ3n) is 9.97. The Balaban J connectivity index is 1.11. The van der Waals surface area contributed by atoms with Crippen LogP contribution in [0.5, 0.6) is 0 Å². The van der Waals surface area contributed by atoms with Crippen molar-refractivity contribution in [3.63, 3.8) is 0 Å². The van der Waals surface area contributed by atoms with Gasteiger partial charge in [-0.25, -0.2) is 14.6 Å². The number of benzene rings is 1. The van der Waals surface area contributed by atoms with Gasteiger partial charge in [0.25, 0.3) is 0 Å². The second kappa shape index (κ2) is 9.26. The summed E-state index contributed by atoms with van der Waals surface area (Å²) < 4.78 is 50.5. The summed E-state index contributed by atoms with van der Waals surface area (Å²) >= 11 is 0. The first-order chi connectivity index (χ1) is 21.1. The van der Waals surface area contributed by atoms with Crippen LogP contribution in [0.25, 0.3) is 10.9 Å². The van der Waals surface area contributed by atoms with Gasteiger partial charge in [-0.05, 0) is 36.5 Å². The van der Waals surface area contributed by atoms with Gasteiger partial charge in [-0.1, -0.05) is 18.2 Å². The minimum absolute atomic E-state index is 0.0129. The van der Waals surface area contributed by atoms with Crippen molar-refractivity contribution in [1.29, 1.82) is 0 Å². The smallest absolute Gasteiger partial charge is 0.413 e. The summed E-state index contributed by atoms with van der Waals surface area (Å²) in [7, 11) is 0. The van der Waals surface area contributed by atoms with E-state index < -0.39 is 29.3 Å². The van der Waals surface area contributed by atoms with Crippen molar-refractivity contribution in [2.45, 2.75) is 68.8 Å². The molecule has 8 rings (SSSR count). The number of fused-ring (bicyclic) bond motifs is 5. The molecule has 14 heteroatoms. The van der Waals surface area contributed by atoms with Gasteiger partial charge in [0.2, 0.25) is 0 Å². The molecule has 0 unspecified atom stereocenters. The van der Waals surface area contributed by atoms with E-state index in [1.54, 1.807) is 15.7 Å². The van der Waals surface area contributed by atoms with Gasteiger partial charge in [-0.15, -0.1) is 0 Å². The summed E-state index contributed by atoms with van der Waals surface area (Å²) in [5.74, 6) is 1.04. The minimum Gasteiger partial charge on any atom is -0.437 e. The third kappa shape index (κ3) is 3.95. The number of hydrogen-bond donors (Lipinski definition) is 4. The van der Waals surface area contributed by atoms with Crippen molar-refractivity contribution >= 4 is 23.0 Å². The van der Waals surface area contributed by atoms with E-state index in [1.807, 2.05) is 25.1 Å². The van der Waals surface area contributed by atoms with Crippen LogP contribution in [0.2, 0.25) is 0 Å². The van der Waals surface area contributed by atoms with Crippen LogP contribution in [0.3, 0.4) is 0 Å². The van der Waals surface area contributed by atoms with Crippen LogP contribution in [-0.4, -0.2) is 68.2 Å². The molecule has 44 heavy (non-hydrogen) atoms. The van der Waals surface area contributed by atoms with E-state index in [1.165, 1.54) is 6.20 Å². The Morgan fingerprint density at radius 2 is 1.98 bits per heavy atom. The number of amides is 3. The number of imidazole rings is 1. The summed E-state index contributed by atoms with van der Waals surface area (Å²) in [5, 5.41) is 17.1. The van der Waals surface area contributed by atoms with Crippen LogP contribution in [0.4, 0.5) is 22.8 Å². The van der Waals surface area contributed by atoms with Gasteiger partial charge in [0.1, 0.15) is 22.7 Å². The number of halogens is 3. The van der Waals surface area contributed by atoms with Gasteiger partial charge in [0.15, 0.2) is 0 Å². The fourth-order valence-electron chi connectivity index (χ4n) is 7.44. The zero-order valence-electron chi connectivity index (χ0n) is 24.0. The Hall–Kier alpha value is -4.49. The predicted octanol–water partition coefficient (Wildman–Crippen LogP) is 3.96. The number of piperidine rings is 1. The highest BCUT2D eigenvalue weighted by molar-refractivity contribution is 5.86. The molecule has 5 aliphatic rings. The van der Waals surface area contributed by atoms with E-state index >= 15 is 0 Å². The number of likely N-dealkylation sites (tertiary alicyclic amines) is 1. The van der Waals surface area contributed by atoms with Gasteiger partial charge < -0.3 is 24.8 Å². The van der Waals surface area contributed by atoms with Crippen LogP contribution in [0.15, 0.2) is 42.0 Å². The first-order valence-corrected chi connectivity index (χ1v) is 14.9. The molecule has 0 bridgehead atoms. The van der Waals surface area contributed by atoms with Crippen LogP contribution in [-0.2, 0) is 23.1 Å². The normalized spacial score (nSPS) is 23.2. The van der Waals surface area contributed by atoms with Gasteiger partial charge in [0, 0.05) is 56.1 Å². The number of nitrogens with one attached hydrogen (secondary N) is 4. The lowest BCUT2D eigenvalue weighted by atomic mass is 9.82. The number of aromatic amines is 1. The van der Waals surface area contributed by atoms with Crippen LogP contribution >= 0.6 is 0 Å². The Kier molecular flexibility index (Phi) is 5.70. The fraction of sp³-hybridized carbons (Fsp3) is 0.467. The highest BCUT2D eigenvalue weighted by Crippen LogP contribution is 2.59. The van der Waals surface area contributed by atoms with Gasteiger partial charge in [-0.3, -0.25) is 10.4 Å². The zero-order valence-corrected chi connectivity index (χ0v) is 24.0. The number of aryl methyl sites for hydroxylation is 1. The highest BCUT2D eigenvalue weighted by Gasteiger charge is 2.66. The van der Waals surface area contributed by atoms with Crippen molar-refractivity contribution in [1.82, 2.24) is 40.6 Å². The molecule has 0 radical (unpaired) electrons. The summed E-state index contributed by atoms with van der Waals surface area (Å²) in [4.78, 5) is 32.3. The van der Waals surface area contributed by atoms with E-state index in [0.29, 0.717) is 50.5 Å². The number of carbonyl (C=O) groups is 2. The molecule has 3 aromatic rings. The number of dihydropyridines is 1. The summed E-state index contributed by atoms with van der Waals surface area (Å²) in [6, 6.07) is 1.03. The lowest BCUT2D eigenvalue weighted by Gasteiger charge is -2.45. The Morgan fingerprint density at radius 1 is 1.18 bits per heavy atom. The molecule has 2 fully saturated rings. The monoisotopic (exact) mass is 608 g/mol. The Morgan fingerprint density at radius 3 is 2.73 bits per heavy atom. The van der Waals surface area contributed by atoms with Gasteiger partial charge in [0.05, 0.1) is 30.0 Å². The topological polar surface area (TPSA) is 129 Å². The van der Waals surface area contributed by atoms with Crippen molar-refractivity contribution in [2.75, 3.05) is 19.6 Å². The fourth-order valence-corrected chi connectivity index (χ4v) is 7.44. The number of urea groups is 1.